The second kappa shape index (κ2) is 6.86. The fraction of sp³-hybridized carbons (Fsp3) is 0.818. The van der Waals surface area contributed by atoms with Crippen molar-refractivity contribution in [1.82, 2.24) is 0 Å². The number of rotatable bonds is 1. The molecular weight excluding hydrogens is 556 g/mol. The summed E-state index contributed by atoms with van der Waals surface area (Å²) in [5.41, 5.74) is -2.43. The van der Waals surface area contributed by atoms with Crippen molar-refractivity contribution in [3.05, 3.63) is 12.2 Å². The lowest BCUT2D eigenvalue weighted by Gasteiger charge is -2.55. The van der Waals surface area contributed by atoms with Crippen LogP contribution < -0.4 is 0 Å². The third-order valence-corrected chi connectivity index (χ3v) is 14.8. The molecule has 10 fully saturated rings. The van der Waals surface area contributed by atoms with Gasteiger partial charge < -0.3 is 28.4 Å². The molecule has 10 heteroatoms. The quantitative estimate of drug-likeness (QED) is 0.193. The molecule has 4 saturated carbocycles. The maximum absolute atomic E-state index is 12.7. The molecule has 10 nitrogen and oxygen atoms in total. The van der Waals surface area contributed by atoms with E-state index in [9.17, 15) is 19.2 Å². The molecule has 0 aromatic carbocycles. The van der Waals surface area contributed by atoms with E-state index in [1.54, 1.807) is 0 Å². The van der Waals surface area contributed by atoms with Gasteiger partial charge in [0.2, 0.25) is 11.2 Å². The van der Waals surface area contributed by atoms with Crippen molar-refractivity contribution in [3.8, 4) is 0 Å². The minimum absolute atomic E-state index is 0.0685. The summed E-state index contributed by atoms with van der Waals surface area (Å²) < 4.78 is 34.5. The Bertz CT molecular complexity index is 1500. The van der Waals surface area contributed by atoms with Crippen LogP contribution in [0.1, 0.15) is 68.2 Å². The Morgan fingerprint density at radius 1 is 0.721 bits per heavy atom. The number of hydrogen-bond donors (Lipinski definition) is 0. The first-order chi connectivity index (χ1) is 19.9. The molecule has 10 aliphatic rings. The van der Waals surface area contributed by atoms with Crippen LogP contribution in [-0.2, 0) is 47.6 Å². The maximum atomic E-state index is 12.7. The van der Waals surface area contributed by atoms with E-state index < -0.39 is 34.2 Å². The Hall–Kier alpha value is -2.46. The van der Waals surface area contributed by atoms with Crippen molar-refractivity contribution in [2.45, 2.75) is 116 Å². The van der Waals surface area contributed by atoms with Gasteiger partial charge in [0.25, 0.3) is 0 Å². The third kappa shape index (κ3) is 2.30. The van der Waals surface area contributed by atoms with Crippen molar-refractivity contribution in [3.63, 3.8) is 0 Å². The van der Waals surface area contributed by atoms with Crippen LogP contribution in [0, 0.1) is 50.7 Å². The Kier molecular flexibility index (Phi) is 4.29. The number of epoxide rings is 2. The van der Waals surface area contributed by atoms with Crippen molar-refractivity contribution in [2.75, 3.05) is 0 Å². The fourth-order valence-electron chi connectivity index (χ4n) is 12.5. The smallest absolute Gasteiger partial charge is 0.342 e. The highest BCUT2D eigenvalue weighted by Crippen LogP contribution is 2.82. The Morgan fingerprint density at radius 3 is 1.65 bits per heavy atom. The largest absolute Gasteiger partial charge is 0.458 e. The summed E-state index contributed by atoms with van der Waals surface area (Å²) in [6.07, 6.45) is -0.308. The highest BCUT2D eigenvalue weighted by molar-refractivity contribution is 5.92. The highest BCUT2D eigenvalue weighted by atomic mass is 16.7. The van der Waals surface area contributed by atoms with Gasteiger partial charge >= 0.3 is 23.9 Å². The van der Waals surface area contributed by atoms with E-state index >= 15 is 0 Å². The molecule has 10 rings (SSSR count). The molecule has 4 bridgehead atoms. The number of fused-ring (bicyclic) bond motifs is 8. The molecule has 4 aliphatic carbocycles. The lowest BCUT2D eigenvalue weighted by molar-refractivity contribution is -0.170. The average molecular weight is 597 g/mol. The van der Waals surface area contributed by atoms with Crippen LogP contribution in [0.3, 0.4) is 0 Å². The number of esters is 4. The number of ether oxygens (including phenoxy) is 6. The van der Waals surface area contributed by atoms with Crippen molar-refractivity contribution in [2.24, 2.45) is 50.7 Å². The van der Waals surface area contributed by atoms with Gasteiger partial charge in [-0.1, -0.05) is 60.6 Å². The molecule has 16 atom stereocenters. The molecule has 0 aromatic heterocycles. The van der Waals surface area contributed by atoms with Crippen molar-refractivity contribution >= 4 is 23.9 Å². The van der Waals surface area contributed by atoms with Crippen molar-refractivity contribution < 1.29 is 47.6 Å². The van der Waals surface area contributed by atoms with E-state index in [2.05, 4.69) is 48.1 Å². The number of carbonyl (C=O) groups is 4. The number of hydrogen-bond acceptors (Lipinski definition) is 10. The molecule has 0 aromatic rings. The summed E-state index contributed by atoms with van der Waals surface area (Å²) in [7, 11) is 0. The molecule has 43 heavy (non-hydrogen) atoms. The minimum Gasteiger partial charge on any atom is -0.458 e. The van der Waals surface area contributed by atoms with Crippen LogP contribution in [0.25, 0.3) is 0 Å². The zero-order valence-corrected chi connectivity index (χ0v) is 26.0. The first kappa shape index (κ1) is 26.9. The van der Waals surface area contributed by atoms with Crippen LogP contribution in [0.2, 0.25) is 0 Å². The van der Waals surface area contributed by atoms with E-state index in [1.807, 2.05) is 13.8 Å². The van der Waals surface area contributed by atoms with Crippen LogP contribution >= 0.6 is 0 Å². The Balaban J connectivity index is 0.000000121. The monoisotopic (exact) mass is 596 g/mol. The lowest BCUT2D eigenvalue weighted by atomic mass is 9.46. The topological polar surface area (TPSA) is 130 Å². The molecule has 0 N–H and O–H groups in total. The molecule has 6 heterocycles. The zero-order valence-electron chi connectivity index (χ0n) is 26.0. The van der Waals surface area contributed by atoms with Gasteiger partial charge in [-0.25, -0.2) is 9.59 Å². The molecule has 6 aliphatic heterocycles. The van der Waals surface area contributed by atoms with Crippen molar-refractivity contribution in [1.29, 1.82) is 0 Å². The summed E-state index contributed by atoms with van der Waals surface area (Å²) in [4.78, 5) is 50.1. The summed E-state index contributed by atoms with van der Waals surface area (Å²) in [5.74, 6) is -1.22. The Labute approximate surface area is 250 Å². The van der Waals surface area contributed by atoms with E-state index in [4.69, 9.17) is 28.4 Å². The van der Waals surface area contributed by atoms with Crippen LogP contribution in [-0.4, -0.2) is 71.7 Å². The van der Waals surface area contributed by atoms with Gasteiger partial charge in [-0.05, 0) is 36.0 Å². The van der Waals surface area contributed by atoms with E-state index in [-0.39, 0.29) is 88.2 Å². The third-order valence-electron chi connectivity index (χ3n) is 14.8. The van der Waals surface area contributed by atoms with E-state index in [0.29, 0.717) is 6.42 Å². The fourth-order valence-corrected chi connectivity index (χ4v) is 12.5. The van der Waals surface area contributed by atoms with Gasteiger partial charge in [-0.15, -0.1) is 0 Å². The summed E-state index contributed by atoms with van der Waals surface area (Å²) in [5, 5.41) is 0. The molecule has 2 spiro atoms. The van der Waals surface area contributed by atoms with Gasteiger partial charge in [0.1, 0.15) is 36.6 Å². The first-order valence-electron chi connectivity index (χ1n) is 15.7. The van der Waals surface area contributed by atoms with Gasteiger partial charge in [0.15, 0.2) is 0 Å². The Morgan fingerprint density at radius 2 is 1.16 bits per heavy atom. The molecule has 4 unspecified atom stereocenters. The van der Waals surface area contributed by atoms with Gasteiger partial charge in [0.05, 0.1) is 22.7 Å². The number of carbonyl (C=O) groups excluding carboxylic acids is 4. The molecular formula is C33H40O10. The lowest BCUT2D eigenvalue weighted by Crippen LogP contribution is -2.63. The predicted molar refractivity (Wildman–Crippen MR) is 145 cm³/mol. The highest BCUT2D eigenvalue weighted by Gasteiger charge is 2.95. The van der Waals surface area contributed by atoms with E-state index in [0.717, 1.165) is 12.0 Å². The second-order valence-electron chi connectivity index (χ2n) is 17.0. The zero-order chi connectivity index (χ0) is 30.8. The summed E-state index contributed by atoms with van der Waals surface area (Å²) in [6, 6.07) is 0. The van der Waals surface area contributed by atoms with Crippen LogP contribution in [0.15, 0.2) is 12.2 Å². The predicted octanol–water partition coefficient (Wildman–Crippen LogP) is 2.90. The van der Waals surface area contributed by atoms with Crippen LogP contribution in [0.5, 0.6) is 0 Å². The SMILES string of the molecule is C=C(C)[C@@H]1C2OC(=O)C1[C@]1(C)C[C@H]3O[C@]34C(=O)O[C@H]2[C@]14C.CC(C)(C)[C@@H]1C2OC(=O)C1[C@]1(C)C[C@H]3O[C@]34C(=O)O[C@H]2[C@]14C. The molecule has 6 saturated heterocycles. The molecule has 0 radical (unpaired) electrons. The van der Waals surface area contributed by atoms with Gasteiger partial charge in [-0.3, -0.25) is 9.59 Å². The summed E-state index contributed by atoms with van der Waals surface area (Å²) >= 11 is 0. The summed E-state index contributed by atoms with van der Waals surface area (Å²) in [6.45, 7) is 20.8. The second-order valence-corrected chi connectivity index (χ2v) is 17.0. The first-order valence-corrected chi connectivity index (χ1v) is 15.7. The average Bonchev–Trinajstić information content (AvgIpc) is 3.58. The molecule has 232 valence electrons. The van der Waals surface area contributed by atoms with Gasteiger partial charge in [-0.2, -0.15) is 0 Å². The standard InChI is InChI=1S/C17H22O5.C16H18O5/c1-14(2,3)8-9-12(18)20-10(8)11-16(5)15(9,4)6-7-17(16,22-7)13(19)21-11;1-6(2)8-9-12(17)19-10(8)11-15(4)14(9,3)5-7-16(15,21-7)13(18)20-11/h7-11H,6H2,1-5H3;7-11H,1,5H2,2-4H3/t7-,8+,9?,10?,11-,15+,16-,17+;7-,8+,9?,10?,11-,14+,15-,16+/m11/s1. The van der Waals surface area contributed by atoms with Gasteiger partial charge in [0, 0.05) is 11.8 Å². The van der Waals surface area contributed by atoms with E-state index in [1.165, 1.54) is 0 Å². The maximum Gasteiger partial charge on any atom is 0.342 e. The normalized spacial score (nSPS) is 61.3. The molecule has 0 amide bonds. The minimum atomic E-state index is -0.836. The van der Waals surface area contributed by atoms with Crippen LogP contribution in [0.4, 0.5) is 0 Å².